The Bertz CT molecular complexity index is 786. The molecule has 0 aromatic heterocycles. The van der Waals surface area contributed by atoms with E-state index in [0.29, 0.717) is 12.8 Å². The number of anilines is 1. The summed E-state index contributed by atoms with van der Waals surface area (Å²) in [5.74, 6) is -2.71. The van der Waals surface area contributed by atoms with Crippen molar-refractivity contribution in [3.63, 3.8) is 0 Å². The first kappa shape index (κ1) is 19.4. The molecule has 2 atom stereocenters. The molecule has 2 amide bonds. The lowest BCUT2D eigenvalue weighted by Gasteiger charge is -2.19. The van der Waals surface area contributed by atoms with E-state index in [-0.39, 0.29) is 46.7 Å². The molecule has 1 aromatic carbocycles. The van der Waals surface area contributed by atoms with Crippen LogP contribution in [0.5, 0.6) is 5.75 Å². The minimum absolute atomic E-state index is 0.000714. The lowest BCUT2D eigenvalue weighted by atomic mass is 9.81. The number of carbonyl (C=O) groups excluding carboxylic acids is 3. The second-order valence-corrected chi connectivity index (χ2v) is 6.89. The highest BCUT2D eigenvalue weighted by molar-refractivity contribution is 6.32. The molecule has 0 radical (unpaired) electrons. The van der Waals surface area contributed by atoms with Crippen LogP contribution < -0.4 is 9.64 Å². The number of halogens is 2. The molecule has 1 saturated heterocycles. The summed E-state index contributed by atoms with van der Waals surface area (Å²) in [5, 5.41) is -0.000714. The number of amides is 2. The largest absolute Gasteiger partial charge is 0.488 e. The zero-order valence-electron chi connectivity index (χ0n) is 14.7. The maximum absolute atomic E-state index is 14.5. The number of rotatable bonds is 5. The monoisotopic (exact) mass is 395 g/mol. The van der Waals surface area contributed by atoms with E-state index in [1.54, 1.807) is 0 Å². The normalized spacial score (nSPS) is 22.3. The molecule has 0 N–H and O–H groups in total. The number of hydrogen-bond donors (Lipinski definition) is 0. The first-order valence-corrected chi connectivity index (χ1v) is 9.06. The third kappa shape index (κ3) is 3.83. The summed E-state index contributed by atoms with van der Waals surface area (Å²) < 4.78 is 24.4. The van der Waals surface area contributed by atoms with Gasteiger partial charge in [-0.25, -0.2) is 14.1 Å². The van der Waals surface area contributed by atoms with Crippen molar-refractivity contribution in [3.8, 4) is 5.75 Å². The number of fused-ring (bicyclic) bond motifs is 1. The lowest BCUT2D eigenvalue weighted by Crippen LogP contribution is -2.31. The summed E-state index contributed by atoms with van der Waals surface area (Å²) in [6, 6.07) is 2.26. The van der Waals surface area contributed by atoms with Crippen LogP contribution in [0.3, 0.4) is 0 Å². The number of nitrogens with zero attached hydrogens (tertiary/aromatic N) is 1. The van der Waals surface area contributed by atoms with Gasteiger partial charge in [0.1, 0.15) is 18.2 Å². The van der Waals surface area contributed by atoms with Crippen molar-refractivity contribution in [3.05, 3.63) is 35.1 Å². The minimum Gasteiger partial charge on any atom is -0.488 e. The van der Waals surface area contributed by atoms with Gasteiger partial charge in [-0.3, -0.25) is 9.59 Å². The highest BCUT2D eigenvalue weighted by Crippen LogP contribution is 2.42. The third-order valence-electron chi connectivity index (χ3n) is 4.87. The maximum atomic E-state index is 14.5. The predicted octanol–water partition coefficient (Wildman–Crippen LogP) is 3.27. The summed E-state index contributed by atoms with van der Waals surface area (Å²) in [5.41, 5.74) is -0.157. The van der Waals surface area contributed by atoms with Crippen LogP contribution in [0.2, 0.25) is 5.02 Å². The highest BCUT2D eigenvalue weighted by atomic mass is 35.5. The quantitative estimate of drug-likeness (QED) is 0.434. The van der Waals surface area contributed by atoms with E-state index in [2.05, 4.69) is 4.74 Å². The van der Waals surface area contributed by atoms with Crippen molar-refractivity contribution in [1.29, 1.82) is 0 Å². The zero-order chi connectivity index (χ0) is 19.6. The Hall–Kier alpha value is -2.41. The molecule has 3 rings (SSSR count). The number of carbonyl (C=O) groups is 3. The average Bonchev–Trinajstić information content (AvgIpc) is 2.91. The van der Waals surface area contributed by atoms with Gasteiger partial charge in [0.25, 0.3) is 0 Å². The van der Waals surface area contributed by atoms with E-state index in [9.17, 15) is 18.8 Å². The van der Waals surface area contributed by atoms with Crippen molar-refractivity contribution >= 4 is 35.1 Å². The topological polar surface area (TPSA) is 72.9 Å². The number of benzene rings is 1. The first-order chi connectivity index (χ1) is 12.9. The molecule has 6 nitrogen and oxygen atoms in total. The van der Waals surface area contributed by atoms with Crippen LogP contribution in [-0.2, 0) is 19.1 Å². The summed E-state index contributed by atoms with van der Waals surface area (Å²) in [6.45, 7) is -0.0208. The van der Waals surface area contributed by atoms with Crippen LogP contribution in [0.4, 0.5) is 10.1 Å². The number of hydrogen-bond acceptors (Lipinski definition) is 5. The molecule has 1 saturated carbocycles. The molecule has 1 aromatic rings. The van der Waals surface area contributed by atoms with E-state index < -0.39 is 11.8 Å². The summed E-state index contributed by atoms with van der Waals surface area (Å²) >= 11 is 6.00. The molecule has 1 aliphatic carbocycles. The summed E-state index contributed by atoms with van der Waals surface area (Å²) in [7, 11) is 1.25. The molecule has 2 unspecified atom stereocenters. The summed E-state index contributed by atoms with van der Waals surface area (Å²) in [6.07, 6.45) is 5.64. The van der Waals surface area contributed by atoms with E-state index in [1.807, 2.05) is 0 Å². The fraction of sp³-hybridized carbons (Fsp3) is 0.421. The fourth-order valence-corrected chi connectivity index (χ4v) is 3.76. The SMILES string of the molecule is COC(=O)/C=C/COc1cc(N2C(=O)C3CCCCC3C2=O)c(F)cc1Cl. The standard InChI is InChI=1S/C19H19ClFNO5/c1-26-17(23)7-4-8-27-16-10-15(14(21)9-13(16)20)22-18(24)11-5-2-3-6-12(11)19(22)25/h4,7,9-12H,2-3,5-6,8H2,1H3/b7-4+. The fourth-order valence-electron chi connectivity index (χ4n) is 3.55. The van der Waals surface area contributed by atoms with Gasteiger partial charge in [0.15, 0.2) is 0 Å². The Morgan fingerprint density at radius 3 is 2.48 bits per heavy atom. The smallest absolute Gasteiger partial charge is 0.330 e. The van der Waals surface area contributed by atoms with Gasteiger partial charge in [0.2, 0.25) is 11.8 Å². The van der Waals surface area contributed by atoms with Gasteiger partial charge in [-0.1, -0.05) is 24.4 Å². The van der Waals surface area contributed by atoms with Gasteiger partial charge in [0, 0.05) is 12.1 Å². The predicted molar refractivity (Wildman–Crippen MR) is 96.0 cm³/mol. The lowest BCUT2D eigenvalue weighted by molar-refractivity contribution is -0.135. The molecule has 1 aliphatic heterocycles. The third-order valence-corrected chi connectivity index (χ3v) is 5.17. The van der Waals surface area contributed by atoms with Gasteiger partial charge < -0.3 is 9.47 Å². The molecular formula is C19H19ClFNO5. The van der Waals surface area contributed by atoms with Crippen molar-refractivity contribution in [2.45, 2.75) is 25.7 Å². The van der Waals surface area contributed by atoms with E-state index in [0.717, 1.165) is 23.8 Å². The Morgan fingerprint density at radius 1 is 1.26 bits per heavy atom. The molecule has 2 fully saturated rings. The molecular weight excluding hydrogens is 377 g/mol. The maximum Gasteiger partial charge on any atom is 0.330 e. The van der Waals surface area contributed by atoms with Crippen molar-refractivity contribution < 1.29 is 28.2 Å². The molecule has 0 spiro atoms. The first-order valence-electron chi connectivity index (χ1n) is 8.68. The van der Waals surface area contributed by atoms with Gasteiger partial charge in [-0.2, -0.15) is 0 Å². The Morgan fingerprint density at radius 2 is 1.89 bits per heavy atom. The van der Waals surface area contributed by atoms with Crippen LogP contribution in [0.15, 0.2) is 24.3 Å². The number of ether oxygens (including phenoxy) is 2. The van der Waals surface area contributed by atoms with Crippen LogP contribution >= 0.6 is 11.6 Å². The van der Waals surface area contributed by atoms with Crippen LogP contribution in [0, 0.1) is 17.7 Å². The second kappa shape index (κ2) is 8.08. The molecule has 8 heteroatoms. The highest BCUT2D eigenvalue weighted by Gasteiger charge is 2.49. The minimum atomic E-state index is -0.766. The van der Waals surface area contributed by atoms with Crippen molar-refractivity contribution in [1.82, 2.24) is 0 Å². The van der Waals surface area contributed by atoms with E-state index >= 15 is 0 Å². The van der Waals surface area contributed by atoms with Crippen LogP contribution in [0.1, 0.15) is 25.7 Å². The zero-order valence-corrected chi connectivity index (χ0v) is 15.5. The van der Waals surface area contributed by atoms with E-state index in [4.69, 9.17) is 16.3 Å². The van der Waals surface area contributed by atoms with Gasteiger partial charge in [-0.15, -0.1) is 0 Å². The Balaban J connectivity index is 1.83. The second-order valence-electron chi connectivity index (χ2n) is 6.48. The molecule has 2 aliphatic rings. The average molecular weight is 396 g/mol. The molecule has 144 valence electrons. The van der Waals surface area contributed by atoms with Crippen molar-refractivity contribution in [2.24, 2.45) is 11.8 Å². The molecule has 1 heterocycles. The van der Waals surface area contributed by atoms with Gasteiger partial charge in [0.05, 0.1) is 29.7 Å². The van der Waals surface area contributed by atoms with E-state index in [1.165, 1.54) is 25.3 Å². The molecule has 27 heavy (non-hydrogen) atoms. The van der Waals surface area contributed by atoms with Crippen molar-refractivity contribution in [2.75, 3.05) is 18.6 Å². The number of esters is 1. The van der Waals surface area contributed by atoms with Gasteiger partial charge in [-0.05, 0) is 25.0 Å². The van der Waals surface area contributed by atoms with Gasteiger partial charge >= 0.3 is 5.97 Å². The number of imide groups is 1. The molecule has 0 bridgehead atoms. The van der Waals surface area contributed by atoms with Crippen LogP contribution in [0.25, 0.3) is 0 Å². The number of methoxy groups -OCH3 is 1. The van der Waals surface area contributed by atoms with Crippen LogP contribution in [-0.4, -0.2) is 31.5 Å². The Kier molecular flexibility index (Phi) is 5.79. The Labute approximate surface area is 160 Å². The summed E-state index contributed by atoms with van der Waals surface area (Å²) in [4.78, 5) is 37.3.